The normalized spacial score (nSPS) is 16.2. The number of carbonyl (C=O) groups is 1. The van der Waals surface area contributed by atoms with Gasteiger partial charge in [-0.2, -0.15) is 4.31 Å². The molecule has 2 N–H and O–H groups in total. The highest BCUT2D eigenvalue weighted by atomic mass is 79.9. The van der Waals surface area contributed by atoms with Crippen LogP contribution in [0.3, 0.4) is 0 Å². The summed E-state index contributed by atoms with van der Waals surface area (Å²) in [5.41, 5.74) is -0.0494. The van der Waals surface area contributed by atoms with E-state index >= 15 is 0 Å². The number of nitrogens with zero attached hydrogens (tertiary/aromatic N) is 1. The summed E-state index contributed by atoms with van der Waals surface area (Å²) in [7, 11) is -3.93. The van der Waals surface area contributed by atoms with E-state index in [-0.39, 0.29) is 45.9 Å². The van der Waals surface area contributed by atoms with E-state index in [1.54, 1.807) is 0 Å². The van der Waals surface area contributed by atoms with E-state index in [1.165, 1.54) is 40.7 Å². The predicted octanol–water partition coefficient (Wildman–Crippen LogP) is 5.17. The maximum absolute atomic E-state index is 13.5. The second-order valence-electron chi connectivity index (χ2n) is 8.03. The number of halogens is 3. The molecule has 1 heterocycles. The Labute approximate surface area is 210 Å². The molecule has 0 atom stereocenters. The molecule has 0 saturated carbocycles. The van der Waals surface area contributed by atoms with E-state index in [9.17, 15) is 22.7 Å². The molecule has 4 rings (SSSR count). The van der Waals surface area contributed by atoms with Gasteiger partial charge in [0.15, 0.2) is 0 Å². The van der Waals surface area contributed by atoms with Crippen LogP contribution in [0, 0.1) is 5.82 Å². The summed E-state index contributed by atoms with van der Waals surface area (Å²) in [6, 6.07) is 17.1. The molecule has 1 saturated heterocycles. The van der Waals surface area contributed by atoms with E-state index < -0.39 is 27.3 Å². The van der Waals surface area contributed by atoms with Crippen LogP contribution in [0.2, 0.25) is 5.02 Å². The number of benzene rings is 3. The maximum atomic E-state index is 13.5. The summed E-state index contributed by atoms with van der Waals surface area (Å²) >= 11 is 9.24. The second-order valence-corrected chi connectivity index (χ2v) is 11.2. The topological polar surface area (TPSA) is 86.7 Å². The van der Waals surface area contributed by atoms with Gasteiger partial charge in [-0.25, -0.2) is 12.8 Å². The van der Waals surface area contributed by atoms with Gasteiger partial charge in [0.2, 0.25) is 10.0 Å². The molecule has 3 aromatic rings. The van der Waals surface area contributed by atoms with Crippen molar-refractivity contribution in [3.05, 3.63) is 93.2 Å². The Morgan fingerprint density at radius 1 is 1.06 bits per heavy atom. The molecule has 0 spiro atoms. The third-order valence-electron chi connectivity index (χ3n) is 5.86. The van der Waals surface area contributed by atoms with Crippen LogP contribution in [-0.2, 0) is 15.6 Å². The number of nitrogens with one attached hydrogen (secondary N) is 1. The van der Waals surface area contributed by atoms with Crippen molar-refractivity contribution in [2.75, 3.05) is 18.4 Å². The van der Waals surface area contributed by atoms with Gasteiger partial charge in [0, 0.05) is 18.8 Å². The minimum absolute atomic E-state index is 0.0269. The number of aliphatic hydroxyl groups is 1. The molecule has 1 aliphatic heterocycles. The van der Waals surface area contributed by atoms with Crippen molar-refractivity contribution in [2.45, 2.75) is 23.3 Å². The number of piperidine rings is 1. The first-order valence-corrected chi connectivity index (χ1v) is 13.1. The summed E-state index contributed by atoms with van der Waals surface area (Å²) in [5.74, 6) is -1.11. The molecule has 34 heavy (non-hydrogen) atoms. The lowest BCUT2D eigenvalue weighted by Crippen LogP contribution is -2.45. The molecule has 0 bridgehead atoms. The molecule has 6 nitrogen and oxygen atoms in total. The van der Waals surface area contributed by atoms with Gasteiger partial charge in [0.05, 0.1) is 25.6 Å². The lowest BCUT2D eigenvalue weighted by Gasteiger charge is -2.37. The van der Waals surface area contributed by atoms with Crippen LogP contribution in [0.25, 0.3) is 0 Å². The van der Waals surface area contributed by atoms with Crippen molar-refractivity contribution in [3.63, 3.8) is 0 Å². The monoisotopic (exact) mass is 566 g/mol. The summed E-state index contributed by atoms with van der Waals surface area (Å²) in [6.07, 6.45) is 0.493. The largest absolute Gasteiger partial charge is 0.385 e. The fourth-order valence-corrected chi connectivity index (χ4v) is 5.94. The molecule has 1 fully saturated rings. The van der Waals surface area contributed by atoms with Crippen molar-refractivity contribution in [3.8, 4) is 0 Å². The van der Waals surface area contributed by atoms with Gasteiger partial charge in [-0.05, 0) is 70.7 Å². The first kappa shape index (κ1) is 24.8. The van der Waals surface area contributed by atoms with Crippen molar-refractivity contribution < 1.29 is 22.7 Å². The number of carbonyl (C=O) groups excluding carboxylic acids is 1. The van der Waals surface area contributed by atoms with Gasteiger partial charge in [-0.15, -0.1) is 0 Å². The van der Waals surface area contributed by atoms with Gasteiger partial charge >= 0.3 is 0 Å². The number of rotatable bonds is 5. The van der Waals surface area contributed by atoms with Gasteiger partial charge in [0.1, 0.15) is 5.82 Å². The van der Waals surface area contributed by atoms with E-state index in [0.717, 1.165) is 5.56 Å². The molecular formula is C24H21BrClFN2O4S. The lowest BCUT2D eigenvalue weighted by molar-refractivity contribution is -0.00961. The molecular weight excluding hydrogens is 547 g/mol. The summed E-state index contributed by atoms with van der Waals surface area (Å²) in [5, 5.41) is 13.7. The molecule has 0 radical (unpaired) electrons. The van der Waals surface area contributed by atoms with E-state index in [1.807, 2.05) is 30.3 Å². The van der Waals surface area contributed by atoms with Crippen LogP contribution in [0.1, 0.15) is 28.8 Å². The highest BCUT2D eigenvalue weighted by molar-refractivity contribution is 9.10. The van der Waals surface area contributed by atoms with E-state index in [2.05, 4.69) is 21.2 Å². The van der Waals surface area contributed by atoms with Gasteiger partial charge in [-0.1, -0.05) is 41.9 Å². The minimum Gasteiger partial charge on any atom is -0.385 e. The molecule has 0 unspecified atom stereocenters. The highest BCUT2D eigenvalue weighted by Crippen LogP contribution is 2.35. The number of hydrogen-bond acceptors (Lipinski definition) is 4. The fourth-order valence-electron chi connectivity index (χ4n) is 3.89. The van der Waals surface area contributed by atoms with Crippen LogP contribution in [-0.4, -0.2) is 36.8 Å². The first-order chi connectivity index (χ1) is 16.1. The standard InChI is InChI=1S/C24H21BrClFN2O4S/c25-20-14-17(6-9-22(20)27)28-23(30)19-15-18(7-8-21(19)26)34(32,33)29-12-10-24(31,11-13-29)16-4-2-1-3-5-16/h1-9,14-15,31H,10-13H2,(H,28,30). The smallest absolute Gasteiger partial charge is 0.257 e. The molecule has 3 aromatic carbocycles. The summed E-state index contributed by atoms with van der Waals surface area (Å²) < 4.78 is 41.5. The van der Waals surface area contributed by atoms with E-state index in [0.29, 0.717) is 5.69 Å². The maximum Gasteiger partial charge on any atom is 0.257 e. The Balaban J connectivity index is 1.53. The quantitative estimate of drug-likeness (QED) is 0.446. The molecule has 178 valence electrons. The Hall–Kier alpha value is -2.30. The van der Waals surface area contributed by atoms with E-state index in [4.69, 9.17) is 11.6 Å². The third-order valence-corrected chi connectivity index (χ3v) is 8.69. The lowest BCUT2D eigenvalue weighted by atomic mass is 9.85. The van der Waals surface area contributed by atoms with Crippen molar-refractivity contribution in [1.29, 1.82) is 0 Å². The second kappa shape index (κ2) is 9.75. The average molecular weight is 568 g/mol. The predicted molar refractivity (Wildman–Crippen MR) is 132 cm³/mol. The van der Waals surface area contributed by atoms with Gasteiger partial charge < -0.3 is 10.4 Å². The fraction of sp³-hybridized carbons (Fsp3) is 0.208. The van der Waals surface area contributed by atoms with Crippen molar-refractivity contribution >= 4 is 49.1 Å². The van der Waals surface area contributed by atoms with Crippen molar-refractivity contribution in [1.82, 2.24) is 4.31 Å². The minimum atomic E-state index is -3.93. The molecule has 10 heteroatoms. The van der Waals surface area contributed by atoms with Crippen LogP contribution in [0.5, 0.6) is 0 Å². The third kappa shape index (κ3) is 5.04. The Morgan fingerprint density at radius 2 is 1.74 bits per heavy atom. The molecule has 0 aliphatic carbocycles. The summed E-state index contributed by atoms with van der Waals surface area (Å²) in [4.78, 5) is 12.7. The van der Waals surface area contributed by atoms with Crippen LogP contribution in [0.15, 0.2) is 76.1 Å². The summed E-state index contributed by atoms with van der Waals surface area (Å²) in [6.45, 7) is 0.253. The van der Waals surface area contributed by atoms with Crippen LogP contribution >= 0.6 is 27.5 Å². The molecule has 1 amide bonds. The van der Waals surface area contributed by atoms with Gasteiger partial charge in [-0.3, -0.25) is 4.79 Å². The zero-order chi connectivity index (χ0) is 24.5. The van der Waals surface area contributed by atoms with Gasteiger partial charge in [0.25, 0.3) is 5.91 Å². The number of sulfonamides is 1. The number of hydrogen-bond donors (Lipinski definition) is 2. The van der Waals surface area contributed by atoms with Crippen LogP contribution < -0.4 is 5.32 Å². The average Bonchev–Trinajstić information content (AvgIpc) is 2.82. The first-order valence-electron chi connectivity index (χ1n) is 10.4. The SMILES string of the molecule is O=C(Nc1ccc(F)c(Br)c1)c1cc(S(=O)(=O)N2CCC(O)(c3ccccc3)CC2)ccc1Cl. The Kier molecular flexibility index (Phi) is 7.12. The van der Waals surface area contributed by atoms with Crippen molar-refractivity contribution in [2.24, 2.45) is 0 Å². The Bertz CT molecular complexity index is 1330. The number of amides is 1. The zero-order valence-electron chi connectivity index (χ0n) is 17.8. The number of anilines is 1. The zero-order valence-corrected chi connectivity index (χ0v) is 21.0. The Morgan fingerprint density at radius 3 is 2.38 bits per heavy atom. The molecule has 0 aromatic heterocycles. The highest BCUT2D eigenvalue weighted by Gasteiger charge is 2.38. The molecule has 1 aliphatic rings. The van der Waals surface area contributed by atoms with Crippen LogP contribution in [0.4, 0.5) is 10.1 Å².